The number of hydrogen-bond acceptors (Lipinski definition) is 4. The molecule has 2 aliphatic carbocycles. The highest BCUT2D eigenvalue weighted by Crippen LogP contribution is 2.60. The van der Waals surface area contributed by atoms with E-state index in [0.717, 1.165) is 19.3 Å². The standard InChI is InChI=1S/C12H18O4/c1-7-8-4-5-9(6-8)12(7,10(13)15-2)11(14)16-3/h7-9H,4-6H2,1-3H3. The summed E-state index contributed by atoms with van der Waals surface area (Å²) in [6.07, 6.45) is 2.99. The summed E-state index contributed by atoms with van der Waals surface area (Å²) in [5.74, 6) is -0.236. The van der Waals surface area contributed by atoms with Crippen molar-refractivity contribution in [3.8, 4) is 0 Å². The summed E-state index contributed by atoms with van der Waals surface area (Å²) < 4.78 is 9.69. The van der Waals surface area contributed by atoms with E-state index in [1.54, 1.807) is 0 Å². The molecular formula is C12H18O4. The van der Waals surface area contributed by atoms with E-state index in [9.17, 15) is 9.59 Å². The molecule has 0 heterocycles. The van der Waals surface area contributed by atoms with Gasteiger partial charge in [0.05, 0.1) is 14.2 Å². The van der Waals surface area contributed by atoms with Gasteiger partial charge in [-0.05, 0) is 37.0 Å². The third-order valence-electron chi connectivity index (χ3n) is 4.59. The number of fused-ring (bicyclic) bond motifs is 2. The summed E-state index contributed by atoms with van der Waals surface area (Å²) in [4.78, 5) is 24.0. The van der Waals surface area contributed by atoms with Crippen LogP contribution in [0.25, 0.3) is 0 Å². The molecule has 0 aromatic rings. The second-order valence-electron chi connectivity index (χ2n) is 4.91. The van der Waals surface area contributed by atoms with Crippen LogP contribution in [0.2, 0.25) is 0 Å². The lowest BCUT2D eigenvalue weighted by Gasteiger charge is -2.36. The van der Waals surface area contributed by atoms with Gasteiger partial charge < -0.3 is 9.47 Å². The maximum Gasteiger partial charge on any atom is 0.323 e. The van der Waals surface area contributed by atoms with Gasteiger partial charge in [-0.1, -0.05) is 6.92 Å². The van der Waals surface area contributed by atoms with E-state index in [1.807, 2.05) is 6.92 Å². The van der Waals surface area contributed by atoms with Crippen LogP contribution in [0.4, 0.5) is 0 Å². The Labute approximate surface area is 95.3 Å². The molecule has 0 saturated heterocycles. The fraction of sp³-hybridized carbons (Fsp3) is 0.833. The Hall–Kier alpha value is -1.06. The number of hydrogen-bond donors (Lipinski definition) is 0. The number of esters is 2. The maximum absolute atomic E-state index is 12.0. The van der Waals surface area contributed by atoms with E-state index in [1.165, 1.54) is 14.2 Å². The molecule has 0 N–H and O–H groups in total. The van der Waals surface area contributed by atoms with Crippen molar-refractivity contribution in [2.45, 2.75) is 26.2 Å². The molecule has 90 valence electrons. The van der Waals surface area contributed by atoms with Crippen molar-refractivity contribution >= 4 is 11.9 Å². The van der Waals surface area contributed by atoms with Crippen LogP contribution in [0.3, 0.4) is 0 Å². The topological polar surface area (TPSA) is 52.6 Å². The monoisotopic (exact) mass is 226 g/mol. The van der Waals surface area contributed by atoms with Crippen molar-refractivity contribution in [3.63, 3.8) is 0 Å². The third-order valence-corrected chi connectivity index (χ3v) is 4.59. The van der Waals surface area contributed by atoms with Crippen molar-refractivity contribution in [2.24, 2.45) is 23.2 Å². The Bertz CT molecular complexity index is 303. The normalized spacial score (nSPS) is 34.8. The van der Waals surface area contributed by atoms with Gasteiger partial charge in [-0.2, -0.15) is 0 Å². The van der Waals surface area contributed by atoms with E-state index in [-0.39, 0.29) is 11.8 Å². The van der Waals surface area contributed by atoms with Crippen molar-refractivity contribution in [1.29, 1.82) is 0 Å². The molecular weight excluding hydrogens is 208 g/mol. The van der Waals surface area contributed by atoms with Crippen LogP contribution in [-0.2, 0) is 19.1 Å². The molecule has 4 heteroatoms. The molecule has 3 atom stereocenters. The van der Waals surface area contributed by atoms with Crippen LogP contribution in [0.1, 0.15) is 26.2 Å². The highest BCUT2D eigenvalue weighted by Gasteiger charge is 2.66. The summed E-state index contributed by atoms with van der Waals surface area (Å²) in [6.45, 7) is 1.97. The SMILES string of the molecule is COC(=O)C1(C(=O)OC)C2CCC(C2)C1C. The molecule has 0 amide bonds. The second-order valence-corrected chi connectivity index (χ2v) is 4.91. The summed E-state index contributed by atoms with van der Waals surface area (Å²) in [7, 11) is 2.68. The Balaban J connectivity index is 2.42. The minimum absolute atomic E-state index is 0.0335. The molecule has 0 aliphatic heterocycles. The molecule has 2 aliphatic rings. The maximum atomic E-state index is 12.0. The molecule has 16 heavy (non-hydrogen) atoms. The minimum Gasteiger partial charge on any atom is -0.468 e. The van der Waals surface area contributed by atoms with Crippen LogP contribution < -0.4 is 0 Å². The average Bonchev–Trinajstić information content (AvgIpc) is 2.87. The molecule has 0 aromatic heterocycles. The highest BCUT2D eigenvalue weighted by atomic mass is 16.5. The van der Waals surface area contributed by atoms with Gasteiger partial charge in [0.1, 0.15) is 0 Å². The number of methoxy groups -OCH3 is 2. The van der Waals surface area contributed by atoms with Crippen LogP contribution in [0.5, 0.6) is 0 Å². The average molecular weight is 226 g/mol. The zero-order chi connectivity index (χ0) is 11.9. The van der Waals surface area contributed by atoms with Crippen molar-refractivity contribution < 1.29 is 19.1 Å². The van der Waals surface area contributed by atoms with Crippen LogP contribution in [-0.4, -0.2) is 26.2 Å². The largest absolute Gasteiger partial charge is 0.468 e. The van der Waals surface area contributed by atoms with E-state index >= 15 is 0 Å². The van der Waals surface area contributed by atoms with Crippen molar-refractivity contribution in [2.75, 3.05) is 14.2 Å². The number of rotatable bonds is 2. The van der Waals surface area contributed by atoms with Gasteiger partial charge in [0, 0.05) is 0 Å². The van der Waals surface area contributed by atoms with Crippen LogP contribution in [0, 0.1) is 23.2 Å². The van der Waals surface area contributed by atoms with Gasteiger partial charge in [0.15, 0.2) is 5.41 Å². The van der Waals surface area contributed by atoms with Gasteiger partial charge in [0.25, 0.3) is 0 Å². The third kappa shape index (κ3) is 1.16. The molecule has 2 saturated carbocycles. The lowest BCUT2D eigenvalue weighted by Crippen LogP contribution is -2.50. The van der Waals surface area contributed by atoms with E-state index in [0.29, 0.717) is 5.92 Å². The predicted octanol–water partition coefficient (Wildman–Crippen LogP) is 1.38. The zero-order valence-corrected chi connectivity index (χ0v) is 9.99. The van der Waals surface area contributed by atoms with Crippen LogP contribution in [0.15, 0.2) is 0 Å². The first-order valence-corrected chi connectivity index (χ1v) is 5.75. The first kappa shape index (κ1) is 11.4. The van der Waals surface area contributed by atoms with Crippen molar-refractivity contribution in [3.05, 3.63) is 0 Å². The molecule has 4 nitrogen and oxygen atoms in total. The van der Waals surface area contributed by atoms with Gasteiger partial charge in [-0.15, -0.1) is 0 Å². The molecule has 0 radical (unpaired) electrons. The van der Waals surface area contributed by atoms with Gasteiger partial charge in [-0.25, -0.2) is 0 Å². The fourth-order valence-corrected chi connectivity index (χ4v) is 3.75. The molecule has 2 fully saturated rings. The van der Waals surface area contributed by atoms with Gasteiger partial charge in [-0.3, -0.25) is 9.59 Å². The molecule has 2 bridgehead atoms. The fourth-order valence-electron chi connectivity index (χ4n) is 3.75. The number of carbonyl (C=O) groups is 2. The molecule has 3 unspecified atom stereocenters. The molecule has 0 spiro atoms. The van der Waals surface area contributed by atoms with Gasteiger partial charge >= 0.3 is 11.9 Å². The number of ether oxygens (including phenoxy) is 2. The lowest BCUT2D eigenvalue weighted by atomic mass is 9.66. The van der Waals surface area contributed by atoms with Crippen LogP contribution >= 0.6 is 0 Å². The lowest BCUT2D eigenvalue weighted by molar-refractivity contribution is -0.177. The van der Waals surface area contributed by atoms with E-state index < -0.39 is 17.4 Å². The van der Waals surface area contributed by atoms with E-state index in [4.69, 9.17) is 9.47 Å². The Morgan fingerprint density at radius 3 is 2.06 bits per heavy atom. The summed E-state index contributed by atoms with van der Waals surface area (Å²) in [5.41, 5.74) is -1.04. The Kier molecular flexibility index (Phi) is 2.68. The van der Waals surface area contributed by atoms with Gasteiger partial charge in [0.2, 0.25) is 0 Å². The van der Waals surface area contributed by atoms with E-state index in [2.05, 4.69) is 0 Å². The quantitative estimate of drug-likeness (QED) is 0.527. The predicted molar refractivity (Wildman–Crippen MR) is 56.5 cm³/mol. The Morgan fingerprint density at radius 2 is 1.69 bits per heavy atom. The zero-order valence-electron chi connectivity index (χ0n) is 9.99. The first-order valence-electron chi connectivity index (χ1n) is 5.75. The Morgan fingerprint density at radius 1 is 1.12 bits per heavy atom. The summed E-state index contributed by atoms with van der Waals surface area (Å²) in [6, 6.07) is 0. The summed E-state index contributed by atoms with van der Waals surface area (Å²) in [5, 5.41) is 0. The second kappa shape index (κ2) is 3.75. The van der Waals surface area contributed by atoms with Crippen molar-refractivity contribution in [1.82, 2.24) is 0 Å². The number of carbonyl (C=O) groups excluding carboxylic acids is 2. The highest BCUT2D eigenvalue weighted by molar-refractivity contribution is 6.01. The molecule has 2 rings (SSSR count). The summed E-state index contributed by atoms with van der Waals surface area (Å²) >= 11 is 0. The smallest absolute Gasteiger partial charge is 0.323 e. The molecule has 0 aromatic carbocycles. The minimum atomic E-state index is -1.04. The first-order chi connectivity index (χ1) is 7.58.